The Balaban J connectivity index is 1.69. The maximum Gasteiger partial charge on any atom is 0.262 e. The number of para-hydroxylation sites is 2. The second-order valence-electron chi connectivity index (χ2n) is 6.80. The van der Waals surface area contributed by atoms with Crippen molar-refractivity contribution in [3.63, 3.8) is 0 Å². The molecule has 7 heteroatoms. The summed E-state index contributed by atoms with van der Waals surface area (Å²) in [6, 6.07) is 12.2. The highest BCUT2D eigenvalue weighted by Crippen LogP contribution is 2.33. The summed E-state index contributed by atoms with van der Waals surface area (Å²) >= 11 is 0. The topological polar surface area (TPSA) is 75.7 Å². The summed E-state index contributed by atoms with van der Waals surface area (Å²) in [6.45, 7) is 2.56. The van der Waals surface area contributed by atoms with Crippen molar-refractivity contribution in [1.29, 1.82) is 0 Å². The van der Waals surface area contributed by atoms with Gasteiger partial charge in [-0.2, -0.15) is 0 Å². The van der Waals surface area contributed by atoms with E-state index in [-0.39, 0.29) is 37.0 Å². The van der Waals surface area contributed by atoms with E-state index in [2.05, 4.69) is 5.32 Å². The molecule has 0 fully saturated rings. The molecule has 1 aliphatic rings. The number of anilines is 1. The summed E-state index contributed by atoms with van der Waals surface area (Å²) in [7, 11) is 0. The number of benzene rings is 2. The summed E-state index contributed by atoms with van der Waals surface area (Å²) in [5.41, 5.74) is 0.935. The molecular formula is C22H23FN2O4. The van der Waals surface area contributed by atoms with Crippen LogP contribution in [0.2, 0.25) is 0 Å². The number of rotatable bonds is 7. The van der Waals surface area contributed by atoms with Crippen molar-refractivity contribution in [3.8, 4) is 5.75 Å². The van der Waals surface area contributed by atoms with Crippen LogP contribution in [0, 0.1) is 5.82 Å². The number of halogens is 1. The minimum Gasteiger partial charge on any atom is -0.477 e. The van der Waals surface area contributed by atoms with Gasteiger partial charge in [-0.05, 0) is 42.8 Å². The number of fused-ring (bicyclic) bond motifs is 1. The monoisotopic (exact) mass is 398 g/mol. The van der Waals surface area contributed by atoms with Gasteiger partial charge in [0.2, 0.25) is 5.91 Å². The fourth-order valence-electron chi connectivity index (χ4n) is 3.10. The van der Waals surface area contributed by atoms with Crippen LogP contribution in [-0.4, -0.2) is 36.8 Å². The maximum absolute atomic E-state index is 13.0. The Hall–Kier alpha value is -3.22. The molecule has 3 rings (SSSR count). The van der Waals surface area contributed by atoms with Crippen LogP contribution in [0.3, 0.4) is 0 Å². The predicted octanol–water partition coefficient (Wildman–Crippen LogP) is 3.11. The number of nitrogens with zero attached hydrogens (tertiary/aromatic N) is 1. The molecule has 0 saturated carbocycles. The van der Waals surface area contributed by atoms with E-state index in [9.17, 15) is 18.8 Å². The standard InChI is InChI=1S/C22H23FN2O4/c1-2-13-24-22(28)20-14-25(17-5-3-4-6-19(17)29-20)21(27)12-11-18(26)15-7-9-16(23)10-8-15/h3-10,20H,2,11-14H2,1H3,(H,24,28)/t20-/m1/s1. The number of carbonyl (C=O) groups excluding carboxylic acids is 3. The van der Waals surface area contributed by atoms with Crippen molar-refractivity contribution < 1.29 is 23.5 Å². The number of Topliss-reactive ketones (excluding diaryl/α,β-unsaturated/α-hetero) is 1. The Bertz CT molecular complexity index is 898. The highest BCUT2D eigenvalue weighted by atomic mass is 19.1. The van der Waals surface area contributed by atoms with Crippen molar-refractivity contribution in [2.75, 3.05) is 18.0 Å². The normalized spacial score (nSPS) is 15.2. The van der Waals surface area contributed by atoms with E-state index in [1.165, 1.54) is 29.2 Å². The minimum absolute atomic E-state index is 0.00329. The fraction of sp³-hybridized carbons (Fsp3) is 0.318. The van der Waals surface area contributed by atoms with Gasteiger partial charge >= 0.3 is 0 Å². The molecule has 29 heavy (non-hydrogen) atoms. The van der Waals surface area contributed by atoms with Crippen molar-refractivity contribution in [1.82, 2.24) is 5.32 Å². The Kier molecular flexibility index (Phi) is 6.59. The molecule has 0 bridgehead atoms. The molecule has 0 aromatic heterocycles. The number of ether oxygens (including phenoxy) is 1. The highest BCUT2D eigenvalue weighted by molar-refractivity contribution is 6.02. The van der Waals surface area contributed by atoms with Gasteiger partial charge < -0.3 is 15.0 Å². The van der Waals surface area contributed by atoms with Crippen LogP contribution in [0.25, 0.3) is 0 Å². The maximum atomic E-state index is 13.0. The van der Waals surface area contributed by atoms with E-state index in [1.807, 2.05) is 6.92 Å². The molecule has 1 aliphatic heterocycles. The average Bonchev–Trinajstić information content (AvgIpc) is 2.75. The molecule has 2 aromatic carbocycles. The quantitative estimate of drug-likeness (QED) is 0.727. The largest absolute Gasteiger partial charge is 0.477 e. The average molecular weight is 398 g/mol. The van der Waals surface area contributed by atoms with Gasteiger partial charge in [0.15, 0.2) is 11.9 Å². The van der Waals surface area contributed by atoms with E-state index < -0.39 is 11.9 Å². The first kappa shape index (κ1) is 20.5. The lowest BCUT2D eigenvalue weighted by Gasteiger charge is -2.34. The lowest BCUT2D eigenvalue weighted by molar-refractivity contribution is -0.128. The van der Waals surface area contributed by atoms with E-state index in [1.54, 1.807) is 24.3 Å². The molecule has 6 nitrogen and oxygen atoms in total. The number of amides is 2. The van der Waals surface area contributed by atoms with Crippen molar-refractivity contribution in [2.45, 2.75) is 32.3 Å². The first-order chi connectivity index (χ1) is 14.0. The first-order valence-electron chi connectivity index (χ1n) is 9.62. The zero-order chi connectivity index (χ0) is 20.8. The van der Waals surface area contributed by atoms with E-state index >= 15 is 0 Å². The van der Waals surface area contributed by atoms with Gasteiger partial charge in [0.1, 0.15) is 11.6 Å². The van der Waals surface area contributed by atoms with Crippen LogP contribution in [0.4, 0.5) is 10.1 Å². The van der Waals surface area contributed by atoms with Crippen LogP contribution in [0.5, 0.6) is 5.75 Å². The second kappa shape index (κ2) is 9.32. The zero-order valence-corrected chi connectivity index (χ0v) is 16.2. The molecular weight excluding hydrogens is 375 g/mol. The lowest BCUT2D eigenvalue weighted by Crippen LogP contribution is -2.50. The summed E-state index contributed by atoms with van der Waals surface area (Å²) < 4.78 is 18.8. The number of carbonyl (C=O) groups is 3. The van der Waals surface area contributed by atoms with E-state index in [4.69, 9.17) is 4.74 Å². The van der Waals surface area contributed by atoms with Crippen LogP contribution >= 0.6 is 0 Å². The van der Waals surface area contributed by atoms with E-state index in [0.717, 1.165) is 6.42 Å². The van der Waals surface area contributed by atoms with Crippen LogP contribution in [-0.2, 0) is 9.59 Å². The SMILES string of the molecule is CCCNC(=O)[C@H]1CN(C(=O)CCC(=O)c2ccc(F)cc2)c2ccccc2O1. The molecule has 0 saturated heterocycles. The molecule has 0 unspecified atom stereocenters. The van der Waals surface area contributed by atoms with Crippen LogP contribution in [0.1, 0.15) is 36.5 Å². The van der Waals surface area contributed by atoms with Gasteiger partial charge in [0, 0.05) is 24.9 Å². The lowest BCUT2D eigenvalue weighted by atomic mass is 10.1. The minimum atomic E-state index is -0.812. The summed E-state index contributed by atoms with van der Waals surface area (Å²) in [5.74, 6) is -0.758. The second-order valence-corrected chi connectivity index (χ2v) is 6.80. The summed E-state index contributed by atoms with van der Waals surface area (Å²) in [4.78, 5) is 39.0. The molecule has 0 aliphatic carbocycles. The fourth-order valence-corrected chi connectivity index (χ4v) is 3.10. The Morgan fingerprint density at radius 1 is 1.10 bits per heavy atom. The number of hydrogen-bond donors (Lipinski definition) is 1. The molecule has 1 heterocycles. The number of hydrogen-bond acceptors (Lipinski definition) is 4. The summed E-state index contributed by atoms with van der Waals surface area (Å²) in [5, 5.41) is 2.78. The van der Waals surface area contributed by atoms with Gasteiger partial charge in [0.25, 0.3) is 5.91 Å². The van der Waals surface area contributed by atoms with Crippen molar-refractivity contribution >= 4 is 23.3 Å². The van der Waals surface area contributed by atoms with Gasteiger partial charge in [-0.1, -0.05) is 19.1 Å². The Morgan fingerprint density at radius 2 is 1.83 bits per heavy atom. The van der Waals surface area contributed by atoms with Gasteiger partial charge in [-0.25, -0.2) is 4.39 Å². The van der Waals surface area contributed by atoms with Gasteiger partial charge in [0.05, 0.1) is 12.2 Å². The zero-order valence-electron chi connectivity index (χ0n) is 16.2. The molecule has 2 aromatic rings. The van der Waals surface area contributed by atoms with Gasteiger partial charge in [-0.3, -0.25) is 14.4 Å². The molecule has 0 spiro atoms. The molecule has 2 amide bonds. The third-order valence-electron chi connectivity index (χ3n) is 4.65. The number of nitrogens with one attached hydrogen (secondary N) is 1. The third kappa shape index (κ3) is 4.99. The molecule has 1 atom stereocenters. The Labute approximate surface area is 168 Å². The van der Waals surface area contributed by atoms with Gasteiger partial charge in [-0.15, -0.1) is 0 Å². The third-order valence-corrected chi connectivity index (χ3v) is 4.65. The van der Waals surface area contributed by atoms with Crippen molar-refractivity contribution in [3.05, 3.63) is 59.9 Å². The Morgan fingerprint density at radius 3 is 2.55 bits per heavy atom. The predicted molar refractivity (Wildman–Crippen MR) is 106 cm³/mol. The van der Waals surface area contributed by atoms with Crippen LogP contribution < -0.4 is 15.0 Å². The highest BCUT2D eigenvalue weighted by Gasteiger charge is 2.33. The molecule has 152 valence electrons. The number of ketones is 1. The summed E-state index contributed by atoms with van der Waals surface area (Å²) in [6.07, 6.45) is -0.0403. The van der Waals surface area contributed by atoms with E-state index in [0.29, 0.717) is 23.5 Å². The molecule has 0 radical (unpaired) electrons. The molecule has 1 N–H and O–H groups in total. The van der Waals surface area contributed by atoms with Crippen LogP contribution in [0.15, 0.2) is 48.5 Å². The first-order valence-corrected chi connectivity index (χ1v) is 9.62. The van der Waals surface area contributed by atoms with Crippen molar-refractivity contribution in [2.24, 2.45) is 0 Å². The smallest absolute Gasteiger partial charge is 0.262 e.